The predicted molar refractivity (Wildman–Crippen MR) is 106 cm³/mol. The zero-order valence-corrected chi connectivity index (χ0v) is 15.6. The summed E-state index contributed by atoms with van der Waals surface area (Å²) in [4.78, 5) is 0. The van der Waals surface area contributed by atoms with Crippen molar-refractivity contribution < 1.29 is 9.13 Å². The minimum atomic E-state index is -0.204. The Bertz CT molecular complexity index is 786. The number of ether oxygens (including phenoxy) is 1. The monoisotopic (exact) mass is 371 g/mol. The van der Waals surface area contributed by atoms with E-state index in [4.69, 9.17) is 4.74 Å². The van der Waals surface area contributed by atoms with Crippen LogP contribution in [0.3, 0.4) is 0 Å². The summed E-state index contributed by atoms with van der Waals surface area (Å²) < 4.78 is 18.7. The summed E-state index contributed by atoms with van der Waals surface area (Å²) in [6, 6.07) is 23.0. The van der Waals surface area contributed by atoms with Gasteiger partial charge >= 0.3 is 0 Å². The molecule has 136 valence electrons. The summed E-state index contributed by atoms with van der Waals surface area (Å²) in [5.74, 6) is 0.660. The first kappa shape index (κ1) is 20.0. The van der Waals surface area contributed by atoms with Crippen molar-refractivity contribution in [1.29, 1.82) is 0 Å². The fourth-order valence-corrected chi connectivity index (χ4v) is 2.51. The zero-order valence-electron chi connectivity index (χ0n) is 14.7. The van der Waals surface area contributed by atoms with Crippen LogP contribution in [-0.2, 0) is 19.7 Å². The molecule has 0 radical (unpaired) electrons. The predicted octanol–water partition coefficient (Wildman–Crippen LogP) is 5.42. The first-order valence-electron chi connectivity index (χ1n) is 8.41. The molecule has 0 bridgehead atoms. The lowest BCUT2D eigenvalue weighted by Crippen LogP contribution is -2.12. The van der Waals surface area contributed by atoms with Gasteiger partial charge in [-0.2, -0.15) is 0 Å². The van der Waals surface area contributed by atoms with Crippen molar-refractivity contribution in [3.05, 3.63) is 101 Å². The van der Waals surface area contributed by atoms with Crippen LogP contribution in [0.25, 0.3) is 0 Å². The van der Waals surface area contributed by atoms with Crippen LogP contribution in [0.2, 0.25) is 0 Å². The molecule has 0 fully saturated rings. The Morgan fingerprint density at radius 1 is 0.731 bits per heavy atom. The van der Waals surface area contributed by atoms with Crippen LogP contribution >= 0.6 is 12.4 Å². The number of halogens is 2. The van der Waals surface area contributed by atoms with Gasteiger partial charge in [0, 0.05) is 13.1 Å². The van der Waals surface area contributed by atoms with Gasteiger partial charge in [0.2, 0.25) is 0 Å². The molecule has 0 atom stereocenters. The molecule has 0 aromatic heterocycles. The Kier molecular flexibility index (Phi) is 7.64. The molecule has 0 spiro atoms. The first-order chi connectivity index (χ1) is 12.2. The highest BCUT2D eigenvalue weighted by molar-refractivity contribution is 5.85. The molecule has 0 saturated heterocycles. The van der Waals surface area contributed by atoms with E-state index in [0.717, 1.165) is 23.4 Å². The standard InChI is InChI=1S/C22H22FNO.ClH/c1-17-2-4-20(5-3-17)16-25-22-12-8-19(9-13-22)15-24-14-18-6-10-21(23)11-7-18;/h2-13,24H,14-16H2,1H3;1H. The van der Waals surface area contributed by atoms with E-state index in [1.54, 1.807) is 12.1 Å². The van der Waals surface area contributed by atoms with Gasteiger partial charge in [-0.25, -0.2) is 4.39 Å². The third-order valence-corrected chi connectivity index (χ3v) is 4.02. The largest absolute Gasteiger partial charge is 0.489 e. The number of hydrogen-bond donors (Lipinski definition) is 1. The molecule has 0 aliphatic carbocycles. The van der Waals surface area contributed by atoms with Crippen LogP contribution in [0, 0.1) is 12.7 Å². The van der Waals surface area contributed by atoms with Crippen molar-refractivity contribution in [2.45, 2.75) is 26.6 Å². The highest BCUT2D eigenvalue weighted by Gasteiger charge is 1.99. The number of benzene rings is 3. The molecule has 0 heterocycles. The smallest absolute Gasteiger partial charge is 0.123 e. The second kappa shape index (κ2) is 9.95. The van der Waals surface area contributed by atoms with Crippen molar-refractivity contribution >= 4 is 12.4 Å². The van der Waals surface area contributed by atoms with E-state index in [0.29, 0.717) is 13.2 Å². The lowest BCUT2D eigenvalue weighted by molar-refractivity contribution is 0.306. The molecule has 0 saturated carbocycles. The number of nitrogens with one attached hydrogen (secondary N) is 1. The van der Waals surface area contributed by atoms with E-state index in [1.165, 1.54) is 23.3 Å². The average Bonchev–Trinajstić information content (AvgIpc) is 2.64. The Morgan fingerprint density at radius 2 is 1.23 bits per heavy atom. The second-order valence-electron chi connectivity index (χ2n) is 6.15. The summed E-state index contributed by atoms with van der Waals surface area (Å²) in [6.45, 7) is 4.12. The van der Waals surface area contributed by atoms with Crippen LogP contribution in [0.15, 0.2) is 72.8 Å². The first-order valence-corrected chi connectivity index (χ1v) is 8.41. The van der Waals surface area contributed by atoms with E-state index in [2.05, 4.69) is 48.6 Å². The van der Waals surface area contributed by atoms with Gasteiger partial charge in [0.25, 0.3) is 0 Å². The van der Waals surface area contributed by atoms with Gasteiger partial charge in [-0.1, -0.05) is 54.1 Å². The maximum absolute atomic E-state index is 12.9. The zero-order chi connectivity index (χ0) is 17.5. The SMILES string of the molecule is Cc1ccc(COc2ccc(CNCc3ccc(F)cc3)cc2)cc1.Cl. The Hall–Kier alpha value is -2.36. The van der Waals surface area contributed by atoms with Gasteiger partial charge in [0.05, 0.1) is 0 Å². The minimum absolute atomic E-state index is 0. The maximum Gasteiger partial charge on any atom is 0.123 e. The molecule has 3 rings (SSSR count). The molecule has 2 nitrogen and oxygen atoms in total. The van der Waals surface area contributed by atoms with Crippen molar-refractivity contribution in [2.75, 3.05) is 0 Å². The fraction of sp³-hybridized carbons (Fsp3) is 0.182. The molecule has 0 amide bonds. The molecular formula is C22H23ClFNO. The molecule has 26 heavy (non-hydrogen) atoms. The quantitative estimate of drug-likeness (QED) is 0.598. The van der Waals surface area contributed by atoms with Gasteiger partial charge in [-0.05, 0) is 47.9 Å². The molecule has 3 aromatic carbocycles. The maximum atomic E-state index is 12.9. The van der Waals surface area contributed by atoms with Gasteiger partial charge in [0.15, 0.2) is 0 Å². The summed E-state index contributed by atoms with van der Waals surface area (Å²) in [7, 11) is 0. The Labute approximate surface area is 160 Å². The van der Waals surface area contributed by atoms with Crippen LogP contribution in [0.1, 0.15) is 22.3 Å². The third kappa shape index (κ3) is 6.17. The van der Waals surface area contributed by atoms with Gasteiger partial charge in [-0.15, -0.1) is 12.4 Å². The van der Waals surface area contributed by atoms with Gasteiger partial charge in [0.1, 0.15) is 18.2 Å². The highest BCUT2D eigenvalue weighted by atomic mass is 35.5. The summed E-state index contributed by atoms with van der Waals surface area (Å²) in [5, 5.41) is 3.36. The van der Waals surface area contributed by atoms with Crippen molar-refractivity contribution in [2.24, 2.45) is 0 Å². The lowest BCUT2D eigenvalue weighted by atomic mass is 10.1. The van der Waals surface area contributed by atoms with Crippen LogP contribution in [0.5, 0.6) is 5.75 Å². The number of rotatable bonds is 7. The van der Waals surface area contributed by atoms with E-state index < -0.39 is 0 Å². The second-order valence-corrected chi connectivity index (χ2v) is 6.15. The van der Waals surface area contributed by atoms with Crippen molar-refractivity contribution in [3.63, 3.8) is 0 Å². The van der Waals surface area contributed by atoms with Gasteiger partial charge < -0.3 is 10.1 Å². The molecule has 0 aliphatic heterocycles. The Morgan fingerprint density at radius 3 is 1.81 bits per heavy atom. The summed E-state index contributed by atoms with van der Waals surface area (Å²) in [6.07, 6.45) is 0. The summed E-state index contributed by atoms with van der Waals surface area (Å²) in [5.41, 5.74) is 4.67. The van der Waals surface area contributed by atoms with Crippen LogP contribution < -0.4 is 10.1 Å². The number of aryl methyl sites for hydroxylation is 1. The van der Waals surface area contributed by atoms with E-state index in [1.807, 2.05) is 12.1 Å². The van der Waals surface area contributed by atoms with Crippen molar-refractivity contribution in [1.82, 2.24) is 5.32 Å². The molecule has 0 aliphatic rings. The van der Waals surface area contributed by atoms with Crippen LogP contribution in [-0.4, -0.2) is 0 Å². The molecular weight excluding hydrogens is 349 g/mol. The normalized spacial score (nSPS) is 10.2. The minimum Gasteiger partial charge on any atom is -0.489 e. The van der Waals surface area contributed by atoms with Gasteiger partial charge in [-0.3, -0.25) is 0 Å². The third-order valence-electron chi connectivity index (χ3n) is 4.02. The lowest BCUT2D eigenvalue weighted by Gasteiger charge is -2.09. The summed E-state index contributed by atoms with van der Waals surface area (Å²) >= 11 is 0. The van der Waals surface area contributed by atoms with E-state index >= 15 is 0 Å². The average molecular weight is 372 g/mol. The highest BCUT2D eigenvalue weighted by Crippen LogP contribution is 2.15. The number of hydrogen-bond acceptors (Lipinski definition) is 2. The van der Waals surface area contributed by atoms with E-state index in [9.17, 15) is 4.39 Å². The Balaban J connectivity index is 0.00000243. The molecule has 0 unspecified atom stereocenters. The molecule has 4 heteroatoms. The van der Waals surface area contributed by atoms with Crippen molar-refractivity contribution in [3.8, 4) is 5.75 Å². The topological polar surface area (TPSA) is 21.3 Å². The van der Waals surface area contributed by atoms with Crippen LogP contribution in [0.4, 0.5) is 4.39 Å². The molecule has 3 aromatic rings. The van der Waals surface area contributed by atoms with E-state index in [-0.39, 0.29) is 18.2 Å². The molecule has 1 N–H and O–H groups in total. The fourth-order valence-electron chi connectivity index (χ4n) is 2.51.